The van der Waals surface area contributed by atoms with Crippen molar-refractivity contribution >= 4 is 5.91 Å². The third kappa shape index (κ3) is 2.73. The molecule has 0 radical (unpaired) electrons. The maximum absolute atomic E-state index is 12.1. The summed E-state index contributed by atoms with van der Waals surface area (Å²) in [5, 5.41) is 8.44. The van der Waals surface area contributed by atoms with Crippen molar-refractivity contribution in [1.29, 1.82) is 0 Å². The van der Waals surface area contributed by atoms with Gasteiger partial charge in [0, 0.05) is 31.3 Å². The highest BCUT2D eigenvalue weighted by Crippen LogP contribution is 2.33. The molecule has 126 valence electrons. The van der Waals surface area contributed by atoms with Crippen molar-refractivity contribution in [2.45, 2.75) is 44.8 Å². The number of benzene rings is 1. The highest BCUT2D eigenvalue weighted by atomic mass is 16.2. The van der Waals surface area contributed by atoms with Crippen molar-refractivity contribution in [1.82, 2.24) is 20.0 Å². The molecule has 5 heteroatoms. The first kappa shape index (κ1) is 15.4. The third-order valence-electron chi connectivity index (χ3n) is 5.20. The van der Waals surface area contributed by atoms with E-state index in [-0.39, 0.29) is 12.1 Å². The summed E-state index contributed by atoms with van der Waals surface area (Å²) in [6, 6.07) is 10.9. The topological polar surface area (TPSA) is 50.2 Å². The fourth-order valence-electron chi connectivity index (χ4n) is 4.05. The summed E-state index contributed by atoms with van der Waals surface area (Å²) in [4.78, 5) is 14.1. The molecule has 5 nitrogen and oxygen atoms in total. The van der Waals surface area contributed by atoms with Crippen LogP contribution in [0, 0.1) is 0 Å². The normalized spacial score (nSPS) is 23.5. The highest BCUT2D eigenvalue weighted by molar-refractivity contribution is 5.79. The van der Waals surface area contributed by atoms with E-state index in [9.17, 15) is 4.79 Å². The molecule has 0 aliphatic carbocycles. The molecule has 2 unspecified atom stereocenters. The van der Waals surface area contributed by atoms with E-state index in [2.05, 4.69) is 47.6 Å². The number of rotatable bonds is 4. The fourth-order valence-corrected chi connectivity index (χ4v) is 4.05. The van der Waals surface area contributed by atoms with Crippen LogP contribution in [-0.2, 0) is 17.8 Å². The first-order chi connectivity index (χ1) is 11.8. The quantitative estimate of drug-likeness (QED) is 0.937. The molecule has 2 fully saturated rings. The Balaban J connectivity index is 1.61. The van der Waals surface area contributed by atoms with E-state index in [1.807, 2.05) is 10.7 Å². The van der Waals surface area contributed by atoms with Crippen LogP contribution in [0.5, 0.6) is 0 Å². The first-order valence-corrected chi connectivity index (χ1v) is 8.89. The number of aromatic nitrogens is 2. The van der Waals surface area contributed by atoms with E-state index in [0.29, 0.717) is 12.3 Å². The van der Waals surface area contributed by atoms with Crippen LogP contribution in [0.2, 0.25) is 0 Å². The molecule has 1 aromatic carbocycles. The molecule has 24 heavy (non-hydrogen) atoms. The predicted octanol–water partition coefficient (Wildman–Crippen LogP) is 2.13. The van der Waals surface area contributed by atoms with Crippen LogP contribution in [0.3, 0.4) is 0 Å². The molecule has 1 amide bonds. The lowest BCUT2D eigenvalue weighted by Gasteiger charge is -2.37. The van der Waals surface area contributed by atoms with Crippen LogP contribution in [0.4, 0.5) is 0 Å². The molecule has 0 spiro atoms. The Morgan fingerprint density at radius 2 is 2.12 bits per heavy atom. The number of aryl methyl sites for hydroxylation is 1. The van der Waals surface area contributed by atoms with Crippen molar-refractivity contribution in [2.24, 2.45) is 0 Å². The number of nitrogens with zero attached hydrogens (tertiary/aromatic N) is 3. The van der Waals surface area contributed by atoms with Gasteiger partial charge in [-0.05, 0) is 18.4 Å². The summed E-state index contributed by atoms with van der Waals surface area (Å²) in [5.74, 6) is 0.307. The minimum absolute atomic E-state index is 0.213. The number of carbonyl (C=O) groups excluding carboxylic acids is 1. The number of hydrogen-bond donors (Lipinski definition) is 1. The molecular formula is C19H24N4O. The Hall–Kier alpha value is -2.14. The Labute approximate surface area is 142 Å². The average Bonchev–Trinajstić information content (AvgIpc) is 3.19. The molecule has 0 saturated carbocycles. The summed E-state index contributed by atoms with van der Waals surface area (Å²) >= 11 is 0. The molecule has 2 atom stereocenters. The molecule has 4 rings (SSSR count). The Morgan fingerprint density at radius 1 is 1.29 bits per heavy atom. The maximum atomic E-state index is 12.1. The monoisotopic (exact) mass is 324 g/mol. The van der Waals surface area contributed by atoms with Crippen molar-refractivity contribution in [3.05, 3.63) is 53.3 Å². The van der Waals surface area contributed by atoms with Crippen LogP contribution in [-0.4, -0.2) is 39.7 Å². The van der Waals surface area contributed by atoms with E-state index in [1.165, 1.54) is 11.1 Å². The molecule has 0 bridgehead atoms. The largest absolute Gasteiger partial charge is 0.337 e. The van der Waals surface area contributed by atoms with Crippen LogP contribution < -0.4 is 5.32 Å². The van der Waals surface area contributed by atoms with Gasteiger partial charge in [-0.2, -0.15) is 5.10 Å². The van der Waals surface area contributed by atoms with Gasteiger partial charge in [0.2, 0.25) is 5.91 Å². The van der Waals surface area contributed by atoms with E-state index in [1.54, 1.807) is 0 Å². The van der Waals surface area contributed by atoms with E-state index in [4.69, 9.17) is 5.10 Å². The minimum Gasteiger partial charge on any atom is -0.337 e. The first-order valence-electron chi connectivity index (χ1n) is 8.89. The van der Waals surface area contributed by atoms with Crippen molar-refractivity contribution < 1.29 is 4.79 Å². The fraction of sp³-hybridized carbons (Fsp3) is 0.474. The molecule has 1 aromatic heterocycles. The second kappa shape index (κ2) is 6.40. The van der Waals surface area contributed by atoms with E-state index in [0.717, 1.165) is 38.2 Å². The average molecular weight is 324 g/mol. The number of carbonyl (C=O) groups is 1. The zero-order chi connectivity index (χ0) is 16.5. The zero-order valence-electron chi connectivity index (χ0n) is 14.1. The lowest BCUT2D eigenvalue weighted by Crippen LogP contribution is -2.51. The van der Waals surface area contributed by atoms with Gasteiger partial charge in [0.25, 0.3) is 0 Å². The van der Waals surface area contributed by atoms with Crippen LogP contribution in [0.25, 0.3) is 0 Å². The molecule has 3 heterocycles. The van der Waals surface area contributed by atoms with E-state index >= 15 is 0 Å². The van der Waals surface area contributed by atoms with Crippen LogP contribution in [0.1, 0.15) is 42.6 Å². The van der Waals surface area contributed by atoms with Crippen molar-refractivity contribution in [2.75, 3.05) is 13.1 Å². The molecular weight excluding hydrogens is 300 g/mol. The van der Waals surface area contributed by atoms with Gasteiger partial charge in [-0.25, -0.2) is 0 Å². The number of nitrogens with one attached hydrogen (secondary N) is 1. The number of piperazine rings is 1. The number of hydrogen-bond acceptors (Lipinski definition) is 3. The Morgan fingerprint density at radius 3 is 2.92 bits per heavy atom. The van der Waals surface area contributed by atoms with Crippen molar-refractivity contribution in [3.63, 3.8) is 0 Å². The smallest absolute Gasteiger partial charge is 0.223 e. The number of amides is 1. The SMILES string of the molecule is CCc1nn(Cc2ccccc2)cc1C1NCCN2C(=O)CCC12. The maximum Gasteiger partial charge on any atom is 0.223 e. The standard InChI is InChI=1S/C19H24N4O/c1-2-16-15(13-22(21-16)12-14-6-4-3-5-7-14)19-17-8-9-18(24)23(17)11-10-20-19/h3-7,13,17,19-20H,2,8-12H2,1H3. The second-order valence-electron chi connectivity index (χ2n) is 6.69. The van der Waals surface area contributed by atoms with Gasteiger partial charge < -0.3 is 10.2 Å². The second-order valence-corrected chi connectivity index (χ2v) is 6.69. The lowest BCUT2D eigenvalue weighted by molar-refractivity contribution is -0.130. The summed E-state index contributed by atoms with van der Waals surface area (Å²) in [7, 11) is 0. The van der Waals surface area contributed by atoms with Gasteiger partial charge in [0.15, 0.2) is 0 Å². The molecule has 2 aliphatic rings. The molecule has 2 aromatic rings. The van der Waals surface area contributed by atoms with Crippen LogP contribution in [0.15, 0.2) is 36.5 Å². The Kier molecular flexibility index (Phi) is 4.10. The zero-order valence-corrected chi connectivity index (χ0v) is 14.1. The van der Waals surface area contributed by atoms with Crippen molar-refractivity contribution in [3.8, 4) is 0 Å². The molecule has 2 aliphatic heterocycles. The molecule has 1 N–H and O–H groups in total. The highest BCUT2D eigenvalue weighted by Gasteiger charge is 2.40. The summed E-state index contributed by atoms with van der Waals surface area (Å²) < 4.78 is 2.04. The minimum atomic E-state index is 0.213. The van der Waals surface area contributed by atoms with Gasteiger partial charge in [-0.1, -0.05) is 37.3 Å². The Bertz CT molecular complexity index is 724. The lowest BCUT2D eigenvalue weighted by atomic mass is 9.95. The van der Waals surface area contributed by atoms with E-state index < -0.39 is 0 Å². The van der Waals surface area contributed by atoms with Gasteiger partial charge in [0.05, 0.1) is 24.3 Å². The molecule has 2 saturated heterocycles. The summed E-state index contributed by atoms with van der Waals surface area (Å²) in [5.41, 5.74) is 3.66. The summed E-state index contributed by atoms with van der Waals surface area (Å²) in [6.07, 6.45) is 4.72. The number of fused-ring (bicyclic) bond motifs is 1. The van der Waals surface area contributed by atoms with Gasteiger partial charge in [0.1, 0.15) is 0 Å². The van der Waals surface area contributed by atoms with Gasteiger partial charge in [-0.15, -0.1) is 0 Å². The predicted molar refractivity (Wildman–Crippen MR) is 92.6 cm³/mol. The van der Waals surface area contributed by atoms with Gasteiger partial charge >= 0.3 is 0 Å². The summed E-state index contributed by atoms with van der Waals surface area (Å²) in [6.45, 7) is 4.63. The van der Waals surface area contributed by atoms with Gasteiger partial charge in [-0.3, -0.25) is 9.48 Å². The van der Waals surface area contributed by atoms with Crippen LogP contribution >= 0.6 is 0 Å². The third-order valence-corrected chi connectivity index (χ3v) is 5.20.